The molecular formula is C27H26N8O2. The monoisotopic (exact) mass is 494 g/mol. The number of fused-ring (bicyclic) bond motifs is 3. The van der Waals surface area contributed by atoms with Crippen molar-refractivity contribution in [3.05, 3.63) is 89.2 Å². The highest BCUT2D eigenvalue weighted by Crippen LogP contribution is 2.35. The second-order valence-electron chi connectivity index (χ2n) is 9.41. The third-order valence-electron chi connectivity index (χ3n) is 6.69. The lowest BCUT2D eigenvalue weighted by molar-refractivity contribution is -0.137. The van der Waals surface area contributed by atoms with E-state index < -0.39 is 5.97 Å². The molecule has 10 nitrogen and oxygen atoms in total. The second-order valence-corrected chi connectivity index (χ2v) is 9.41. The fourth-order valence-electron chi connectivity index (χ4n) is 4.96. The van der Waals surface area contributed by atoms with E-state index in [1.165, 1.54) is 4.68 Å². The molecule has 1 N–H and O–H groups in total. The number of carbonyl (C=O) groups is 1. The van der Waals surface area contributed by atoms with Gasteiger partial charge < -0.3 is 5.11 Å². The molecule has 37 heavy (non-hydrogen) atoms. The molecule has 186 valence electrons. The molecule has 0 saturated carbocycles. The summed E-state index contributed by atoms with van der Waals surface area (Å²) in [5, 5.41) is 22.5. The smallest absolute Gasteiger partial charge is 0.325 e. The Balaban J connectivity index is 1.32. The van der Waals surface area contributed by atoms with E-state index in [1.54, 1.807) is 17.1 Å². The van der Waals surface area contributed by atoms with Crippen molar-refractivity contribution in [3.8, 4) is 22.4 Å². The van der Waals surface area contributed by atoms with Gasteiger partial charge in [-0.1, -0.05) is 24.3 Å². The molecule has 0 radical (unpaired) electrons. The maximum atomic E-state index is 11.0. The molecule has 0 fully saturated rings. The first kappa shape index (κ1) is 22.8. The lowest BCUT2D eigenvalue weighted by Gasteiger charge is -2.16. The molecule has 0 bridgehead atoms. The van der Waals surface area contributed by atoms with Crippen molar-refractivity contribution in [1.29, 1.82) is 0 Å². The highest BCUT2D eigenvalue weighted by Gasteiger charge is 2.26. The normalized spacial score (nSPS) is 12.4. The molecule has 0 unspecified atom stereocenters. The molecule has 0 amide bonds. The Morgan fingerprint density at radius 3 is 2.76 bits per heavy atom. The molecule has 0 aliphatic heterocycles. The zero-order chi connectivity index (χ0) is 25.5. The van der Waals surface area contributed by atoms with Crippen LogP contribution in [0, 0.1) is 0 Å². The van der Waals surface area contributed by atoms with E-state index in [2.05, 4.69) is 27.3 Å². The van der Waals surface area contributed by atoms with Crippen molar-refractivity contribution in [1.82, 2.24) is 39.3 Å². The summed E-state index contributed by atoms with van der Waals surface area (Å²) in [4.78, 5) is 20.6. The molecule has 10 heteroatoms. The molecule has 6 rings (SSSR count). The van der Waals surface area contributed by atoms with E-state index in [0.717, 1.165) is 69.3 Å². The van der Waals surface area contributed by atoms with Crippen molar-refractivity contribution in [2.75, 3.05) is 0 Å². The fourth-order valence-corrected chi connectivity index (χ4v) is 4.96. The molecular weight excluding hydrogens is 468 g/mol. The van der Waals surface area contributed by atoms with Crippen LogP contribution >= 0.6 is 0 Å². The molecule has 1 aliphatic carbocycles. The van der Waals surface area contributed by atoms with E-state index in [4.69, 9.17) is 15.2 Å². The average molecular weight is 495 g/mol. The second kappa shape index (κ2) is 9.12. The van der Waals surface area contributed by atoms with Gasteiger partial charge in [0.25, 0.3) is 0 Å². The van der Waals surface area contributed by atoms with E-state index in [9.17, 15) is 4.79 Å². The van der Waals surface area contributed by atoms with Gasteiger partial charge in [-0.2, -0.15) is 15.3 Å². The molecule has 0 spiro atoms. The number of aromatic nitrogens is 8. The van der Waals surface area contributed by atoms with Crippen LogP contribution in [0.1, 0.15) is 34.0 Å². The fraction of sp³-hybridized carbons (Fsp3) is 0.259. The third kappa shape index (κ3) is 4.53. The van der Waals surface area contributed by atoms with Gasteiger partial charge in [0.1, 0.15) is 12.4 Å². The predicted molar refractivity (Wildman–Crippen MR) is 136 cm³/mol. The van der Waals surface area contributed by atoms with E-state index in [0.29, 0.717) is 12.8 Å². The number of aryl methyl sites for hydroxylation is 4. The van der Waals surface area contributed by atoms with Crippen LogP contribution in [0.15, 0.2) is 55.1 Å². The van der Waals surface area contributed by atoms with Gasteiger partial charge in [-0.3, -0.25) is 18.8 Å². The van der Waals surface area contributed by atoms with Crippen molar-refractivity contribution < 1.29 is 9.90 Å². The van der Waals surface area contributed by atoms with Gasteiger partial charge >= 0.3 is 5.97 Å². The van der Waals surface area contributed by atoms with Gasteiger partial charge in [-0.15, -0.1) is 0 Å². The molecule has 4 aromatic heterocycles. The first-order valence-corrected chi connectivity index (χ1v) is 12.1. The minimum absolute atomic E-state index is 0.162. The Labute approximate surface area is 213 Å². The Hall–Kier alpha value is -4.60. The van der Waals surface area contributed by atoms with Crippen LogP contribution in [0.5, 0.6) is 0 Å². The SMILES string of the molecule is Cn1ccc(Cc2ncc3c(n2)-c2c(nn(C)c2Cc2cccc(-c4cnn(CC(=O)O)c4)c2)CC3)n1. The van der Waals surface area contributed by atoms with Gasteiger partial charge in [-0.05, 0) is 35.6 Å². The summed E-state index contributed by atoms with van der Waals surface area (Å²) in [6.45, 7) is -0.162. The van der Waals surface area contributed by atoms with Crippen LogP contribution in [0.4, 0.5) is 0 Å². The average Bonchev–Trinajstić information content (AvgIpc) is 3.58. The number of hydrogen-bond acceptors (Lipinski definition) is 6. The maximum Gasteiger partial charge on any atom is 0.325 e. The molecule has 0 saturated heterocycles. The quantitative estimate of drug-likeness (QED) is 0.370. The van der Waals surface area contributed by atoms with Crippen LogP contribution in [0.3, 0.4) is 0 Å². The summed E-state index contributed by atoms with van der Waals surface area (Å²) in [6, 6.07) is 10.2. The molecule has 0 atom stereocenters. The Morgan fingerprint density at radius 1 is 1.05 bits per heavy atom. The van der Waals surface area contributed by atoms with Gasteiger partial charge in [-0.25, -0.2) is 9.97 Å². The number of rotatable bonds is 7. The van der Waals surface area contributed by atoms with Gasteiger partial charge in [0.05, 0.1) is 35.4 Å². The Bertz CT molecular complexity index is 1630. The van der Waals surface area contributed by atoms with E-state index in [1.807, 2.05) is 49.4 Å². The number of aliphatic carboxylic acids is 1. The van der Waals surface area contributed by atoms with Crippen LogP contribution in [0.2, 0.25) is 0 Å². The largest absolute Gasteiger partial charge is 0.480 e. The summed E-state index contributed by atoms with van der Waals surface area (Å²) in [5.41, 5.74) is 9.34. The van der Waals surface area contributed by atoms with Crippen molar-refractivity contribution in [2.45, 2.75) is 32.2 Å². The Morgan fingerprint density at radius 2 is 1.95 bits per heavy atom. The van der Waals surface area contributed by atoms with E-state index >= 15 is 0 Å². The lowest BCUT2D eigenvalue weighted by atomic mass is 9.91. The zero-order valence-electron chi connectivity index (χ0n) is 20.7. The van der Waals surface area contributed by atoms with Crippen LogP contribution in [0.25, 0.3) is 22.4 Å². The minimum Gasteiger partial charge on any atom is -0.480 e. The van der Waals surface area contributed by atoms with Crippen molar-refractivity contribution in [2.24, 2.45) is 14.1 Å². The van der Waals surface area contributed by atoms with Crippen LogP contribution < -0.4 is 0 Å². The van der Waals surface area contributed by atoms with Crippen molar-refractivity contribution in [3.63, 3.8) is 0 Å². The van der Waals surface area contributed by atoms with E-state index in [-0.39, 0.29) is 6.54 Å². The van der Waals surface area contributed by atoms with Crippen LogP contribution in [-0.4, -0.2) is 50.4 Å². The lowest BCUT2D eigenvalue weighted by Crippen LogP contribution is -2.10. The van der Waals surface area contributed by atoms with Gasteiger partial charge in [0.15, 0.2) is 0 Å². The summed E-state index contributed by atoms with van der Waals surface area (Å²) in [7, 11) is 3.89. The first-order valence-electron chi connectivity index (χ1n) is 12.1. The summed E-state index contributed by atoms with van der Waals surface area (Å²) in [6.07, 6.45) is 10.3. The predicted octanol–water partition coefficient (Wildman–Crippen LogP) is 2.84. The number of carboxylic acids is 1. The molecule has 5 aromatic rings. The maximum absolute atomic E-state index is 11.0. The topological polar surface area (TPSA) is 117 Å². The summed E-state index contributed by atoms with van der Waals surface area (Å²) in [5.74, 6) is -0.169. The highest BCUT2D eigenvalue weighted by atomic mass is 16.4. The van der Waals surface area contributed by atoms with Crippen molar-refractivity contribution >= 4 is 5.97 Å². The standard InChI is InChI=1S/C27H26N8O2/c1-33-9-8-21(31-33)12-24-28-13-19-6-7-22-26(27(19)30-24)23(34(2)32-22)11-17-4-3-5-18(10-17)20-14-29-35(15-20)16-25(36)37/h3-5,8-10,13-15H,6-7,11-12,16H2,1-2H3,(H,36,37). The van der Waals surface area contributed by atoms with Gasteiger partial charge in [0.2, 0.25) is 0 Å². The Kier molecular flexibility index (Phi) is 5.63. The number of hydrogen-bond donors (Lipinski definition) is 1. The summed E-state index contributed by atoms with van der Waals surface area (Å²) >= 11 is 0. The number of carboxylic acid groups (broad SMARTS) is 1. The molecule has 1 aliphatic rings. The van der Waals surface area contributed by atoms with Gasteiger partial charge in [0, 0.05) is 50.2 Å². The molecule has 1 aromatic carbocycles. The highest BCUT2D eigenvalue weighted by molar-refractivity contribution is 5.71. The number of benzene rings is 1. The summed E-state index contributed by atoms with van der Waals surface area (Å²) < 4.78 is 5.19. The van der Waals surface area contributed by atoms with Crippen LogP contribution in [-0.2, 0) is 51.1 Å². The zero-order valence-corrected chi connectivity index (χ0v) is 20.7. The molecule has 4 heterocycles. The first-order chi connectivity index (χ1) is 17.9. The third-order valence-corrected chi connectivity index (χ3v) is 6.69. The minimum atomic E-state index is -0.920. The number of nitrogens with zero attached hydrogens (tertiary/aromatic N) is 8.